The number of hydrogen-bond donors (Lipinski definition) is 0. The number of rotatable bonds is 3. The molecule has 21 heavy (non-hydrogen) atoms. The van der Waals surface area contributed by atoms with Crippen molar-refractivity contribution < 1.29 is 4.79 Å². The number of ketones is 1. The van der Waals surface area contributed by atoms with E-state index in [9.17, 15) is 4.79 Å². The van der Waals surface area contributed by atoms with E-state index < -0.39 is 0 Å². The second-order valence-corrected chi connectivity index (χ2v) is 5.53. The molecule has 3 nitrogen and oxygen atoms in total. The Kier molecular flexibility index (Phi) is 4.02. The fourth-order valence-corrected chi connectivity index (χ4v) is 2.64. The molecule has 1 aliphatic heterocycles. The molecule has 0 radical (unpaired) electrons. The van der Waals surface area contributed by atoms with Crippen LogP contribution in [0.3, 0.4) is 0 Å². The summed E-state index contributed by atoms with van der Waals surface area (Å²) in [5.41, 5.74) is 2.69. The van der Waals surface area contributed by atoms with Crippen molar-refractivity contribution in [1.29, 1.82) is 0 Å². The summed E-state index contributed by atoms with van der Waals surface area (Å²) in [5.74, 6) is 0.0838. The van der Waals surface area contributed by atoms with Crippen LogP contribution >= 0.6 is 0 Å². The molecule has 1 fully saturated rings. The molecule has 1 saturated heterocycles. The number of benzene rings is 2. The summed E-state index contributed by atoms with van der Waals surface area (Å²) >= 11 is 0. The topological polar surface area (TPSA) is 23.6 Å². The van der Waals surface area contributed by atoms with Gasteiger partial charge < -0.3 is 9.80 Å². The van der Waals surface area contributed by atoms with E-state index in [-0.39, 0.29) is 5.78 Å². The van der Waals surface area contributed by atoms with Crippen LogP contribution in [0.1, 0.15) is 15.9 Å². The maximum Gasteiger partial charge on any atom is 0.193 e. The second-order valence-electron chi connectivity index (χ2n) is 5.53. The van der Waals surface area contributed by atoms with Crippen molar-refractivity contribution >= 4 is 11.5 Å². The fraction of sp³-hybridized carbons (Fsp3) is 0.278. The molecule has 108 valence electrons. The van der Waals surface area contributed by atoms with Crippen LogP contribution in [-0.4, -0.2) is 43.9 Å². The fourth-order valence-electron chi connectivity index (χ4n) is 2.64. The highest BCUT2D eigenvalue weighted by Gasteiger charge is 2.15. The predicted molar refractivity (Wildman–Crippen MR) is 86.0 cm³/mol. The van der Waals surface area contributed by atoms with Crippen LogP contribution < -0.4 is 4.90 Å². The van der Waals surface area contributed by atoms with Crippen LogP contribution in [0.5, 0.6) is 0 Å². The van der Waals surface area contributed by atoms with E-state index in [1.807, 2.05) is 42.5 Å². The number of carbonyl (C=O) groups is 1. The molecule has 3 heteroatoms. The first-order valence-corrected chi connectivity index (χ1v) is 7.37. The second kappa shape index (κ2) is 6.10. The zero-order chi connectivity index (χ0) is 14.7. The quantitative estimate of drug-likeness (QED) is 0.808. The predicted octanol–water partition coefficient (Wildman–Crippen LogP) is 2.67. The molecule has 0 bridgehead atoms. The highest BCUT2D eigenvalue weighted by Crippen LogP contribution is 2.18. The smallest absolute Gasteiger partial charge is 0.193 e. The lowest BCUT2D eigenvalue weighted by Crippen LogP contribution is -2.44. The van der Waals surface area contributed by atoms with E-state index in [1.165, 1.54) is 5.69 Å². The molecule has 0 saturated carbocycles. The molecule has 0 amide bonds. The molecule has 0 spiro atoms. The summed E-state index contributed by atoms with van der Waals surface area (Å²) in [6, 6.07) is 17.4. The van der Waals surface area contributed by atoms with E-state index in [0.717, 1.165) is 37.3 Å². The van der Waals surface area contributed by atoms with Gasteiger partial charge in [-0.3, -0.25) is 4.79 Å². The van der Waals surface area contributed by atoms with Gasteiger partial charge in [0, 0.05) is 43.0 Å². The monoisotopic (exact) mass is 280 g/mol. The zero-order valence-corrected chi connectivity index (χ0v) is 12.3. The first-order valence-electron chi connectivity index (χ1n) is 7.37. The van der Waals surface area contributed by atoms with Crippen LogP contribution in [0.2, 0.25) is 0 Å². The van der Waals surface area contributed by atoms with Gasteiger partial charge in [0.2, 0.25) is 0 Å². The molecule has 2 aromatic rings. The minimum atomic E-state index is 0.0838. The summed E-state index contributed by atoms with van der Waals surface area (Å²) in [4.78, 5) is 17.1. The lowest BCUT2D eigenvalue weighted by Gasteiger charge is -2.34. The maximum atomic E-state index is 12.4. The highest BCUT2D eigenvalue weighted by molar-refractivity contribution is 6.09. The summed E-state index contributed by atoms with van der Waals surface area (Å²) in [6.45, 7) is 4.26. The minimum absolute atomic E-state index is 0.0838. The van der Waals surface area contributed by atoms with Crippen molar-refractivity contribution in [1.82, 2.24) is 4.90 Å². The lowest BCUT2D eigenvalue weighted by atomic mass is 10.0. The van der Waals surface area contributed by atoms with E-state index in [4.69, 9.17) is 0 Å². The first-order chi connectivity index (χ1) is 10.2. The Hall–Kier alpha value is -2.13. The van der Waals surface area contributed by atoms with Gasteiger partial charge in [-0.05, 0) is 31.3 Å². The highest BCUT2D eigenvalue weighted by atomic mass is 16.1. The van der Waals surface area contributed by atoms with Crippen molar-refractivity contribution in [2.75, 3.05) is 38.1 Å². The molecule has 1 heterocycles. The first kappa shape index (κ1) is 13.8. The summed E-state index contributed by atoms with van der Waals surface area (Å²) in [5, 5.41) is 0. The van der Waals surface area contributed by atoms with E-state index in [0.29, 0.717) is 0 Å². The zero-order valence-electron chi connectivity index (χ0n) is 12.3. The molecular formula is C18H20N2O. The van der Waals surface area contributed by atoms with Crippen molar-refractivity contribution in [2.24, 2.45) is 0 Å². The van der Waals surface area contributed by atoms with Gasteiger partial charge in [-0.25, -0.2) is 0 Å². The Morgan fingerprint density at radius 1 is 0.810 bits per heavy atom. The van der Waals surface area contributed by atoms with E-state index >= 15 is 0 Å². The van der Waals surface area contributed by atoms with Crippen molar-refractivity contribution in [3.63, 3.8) is 0 Å². The van der Waals surface area contributed by atoms with E-state index in [1.54, 1.807) is 0 Å². The molecule has 0 unspecified atom stereocenters. The Bertz CT molecular complexity index is 599. The van der Waals surface area contributed by atoms with Gasteiger partial charge in [0.1, 0.15) is 0 Å². The average Bonchev–Trinajstić information content (AvgIpc) is 2.56. The third kappa shape index (κ3) is 3.14. The van der Waals surface area contributed by atoms with Gasteiger partial charge in [-0.15, -0.1) is 0 Å². The van der Waals surface area contributed by atoms with Crippen LogP contribution in [-0.2, 0) is 0 Å². The number of anilines is 1. The van der Waals surface area contributed by atoms with Crippen molar-refractivity contribution in [3.05, 3.63) is 65.7 Å². The number of nitrogens with zero attached hydrogens (tertiary/aromatic N) is 2. The van der Waals surface area contributed by atoms with Gasteiger partial charge in [-0.1, -0.05) is 30.3 Å². The Morgan fingerprint density at radius 3 is 2.00 bits per heavy atom. The molecule has 0 aliphatic carbocycles. The van der Waals surface area contributed by atoms with Crippen LogP contribution in [0.4, 0.5) is 5.69 Å². The number of likely N-dealkylation sites (N-methyl/N-ethyl adjacent to an activating group) is 1. The maximum absolute atomic E-state index is 12.4. The van der Waals surface area contributed by atoms with Crippen molar-refractivity contribution in [2.45, 2.75) is 0 Å². The average molecular weight is 280 g/mol. The van der Waals surface area contributed by atoms with Gasteiger partial charge in [-0.2, -0.15) is 0 Å². The van der Waals surface area contributed by atoms with Gasteiger partial charge in [0.25, 0.3) is 0 Å². The van der Waals surface area contributed by atoms with Crippen LogP contribution in [0.15, 0.2) is 54.6 Å². The normalized spacial score (nSPS) is 16.0. The molecular weight excluding hydrogens is 260 g/mol. The van der Waals surface area contributed by atoms with Gasteiger partial charge >= 0.3 is 0 Å². The number of carbonyl (C=O) groups excluding carboxylic acids is 1. The molecule has 2 aromatic carbocycles. The Balaban J connectivity index is 1.74. The largest absolute Gasteiger partial charge is 0.369 e. The summed E-state index contributed by atoms with van der Waals surface area (Å²) in [7, 11) is 2.15. The standard InChI is InChI=1S/C18H20N2O/c1-19-11-13-20(14-12-19)17-9-7-16(8-10-17)18(21)15-5-3-2-4-6-15/h2-10H,11-14H2,1H3. The Labute approximate surface area is 125 Å². The molecule has 0 aromatic heterocycles. The minimum Gasteiger partial charge on any atom is -0.369 e. The summed E-state index contributed by atoms with van der Waals surface area (Å²) < 4.78 is 0. The van der Waals surface area contributed by atoms with Crippen molar-refractivity contribution in [3.8, 4) is 0 Å². The molecule has 0 atom stereocenters. The SMILES string of the molecule is CN1CCN(c2ccc(C(=O)c3ccccc3)cc2)CC1. The van der Waals surface area contributed by atoms with Crippen LogP contribution in [0.25, 0.3) is 0 Å². The third-order valence-corrected chi connectivity index (χ3v) is 4.03. The Morgan fingerprint density at radius 2 is 1.38 bits per heavy atom. The number of piperazine rings is 1. The lowest BCUT2D eigenvalue weighted by molar-refractivity contribution is 0.103. The third-order valence-electron chi connectivity index (χ3n) is 4.03. The molecule has 0 N–H and O–H groups in total. The number of hydrogen-bond acceptors (Lipinski definition) is 3. The summed E-state index contributed by atoms with van der Waals surface area (Å²) in [6.07, 6.45) is 0. The van der Waals surface area contributed by atoms with Gasteiger partial charge in [0.05, 0.1) is 0 Å². The van der Waals surface area contributed by atoms with Crippen LogP contribution in [0, 0.1) is 0 Å². The molecule has 3 rings (SSSR count). The van der Waals surface area contributed by atoms with E-state index in [2.05, 4.69) is 29.0 Å². The molecule has 1 aliphatic rings. The van der Waals surface area contributed by atoms with Gasteiger partial charge in [0.15, 0.2) is 5.78 Å².